The minimum absolute atomic E-state index is 0.0518. The molecule has 0 saturated heterocycles. The van der Waals surface area contributed by atoms with Gasteiger partial charge in [-0.1, -0.05) is 36.4 Å². The Kier molecular flexibility index (Phi) is 6.22. The van der Waals surface area contributed by atoms with E-state index in [-0.39, 0.29) is 36.3 Å². The van der Waals surface area contributed by atoms with E-state index in [1.165, 1.54) is 22.3 Å². The summed E-state index contributed by atoms with van der Waals surface area (Å²) in [4.78, 5) is 36.4. The summed E-state index contributed by atoms with van der Waals surface area (Å²) in [5, 5.41) is 31.5. The number of fused-ring (bicyclic) bond motifs is 1. The molecule has 0 fully saturated rings. The first-order valence-electron chi connectivity index (χ1n) is 10.3. The molecule has 34 heavy (non-hydrogen) atoms. The van der Waals surface area contributed by atoms with E-state index >= 15 is 0 Å². The normalized spacial score (nSPS) is 11.2. The van der Waals surface area contributed by atoms with Gasteiger partial charge in [0.05, 0.1) is 11.2 Å². The van der Waals surface area contributed by atoms with Crippen LogP contribution in [0.15, 0.2) is 81.9 Å². The summed E-state index contributed by atoms with van der Waals surface area (Å²) < 4.78 is 2.76. The minimum Gasteiger partial charge on any atom is -0.503 e. The van der Waals surface area contributed by atoms with Crippen LogP contribution in [0.4, 0.5) is 11.4 Å². The number of azo groups is 1. The molecule has 0 saturated carbocycles. The quantitative estimate of drug-likeness (QED) is 0.379. The molecule has 2 aromatic heterocycles. The molecule has 10 nitrogen and oxygen atoms in total. The monoisotopic (exact) mass is 459 g/mol. The lowest BCUT2D eigenvalue weighted by atomic mass is 10.2. The third-order valence-electron chi connectivity index (χ3n) is 5.26. The van der Waals surface area contributed by atoms with Gasteiger partial charge in [-0.3, -0.25) is 14.4 Å². The van der Waals surface area contributed by atoms with Crippen LogP contribution in [0.2, 0.25) is 0 Å². The van der Waals surface area contributed by atoms with Crippen molar-refractivity contribution in [1.82, 2.24) is 9.13 Å². The van der Waals surface area contributed by atoms with Gasteiger partial charge in [-0.25, -0.2) is 0 Å². The molecule has 0 aliphatic carbocycles. The fourth-order valence-corrected chi connectivity index (χ4v) is 3.51. The number of aromatic nitrogens is 2. The number of carbonyl (C=O) groups is 2. The van der Waals surface area contributed by atoms with Crippen LogP contribution in [0.25, 0.3) is 10.9 Å². The van der Waals surface area contributed by atoms with Gasteiger partial charge in [0, 0.05) is 23.3 Å². The smallest absolute Gasteiger partial charge is 0.284 e. The summed E-state index contributed by atoms with van der Waals surface area (Å²) in [6, 6.07) is 17.0. The summed E-state index contributed by atoms with van der Waals surface area (Å²) in [6.45, 7) is 1.06. The van der Waals surface area contributed by atoms with Crippen molar-refractivity contribution in [2.24, 2.45) is 10.2 Å². The van der Waals surface area contributed by atoms with Gasteiger partial charge in [-0.2, -0.15) is 0 Å². The van der Waals surface area contributed by atoms with E-state index in [0.29, 0.717) is 16.6 Å². The zero-order valence-corrected chi connectivity index (χ0v) is 18.2. The van der Waals surface area contributed by atoms with Crippen molar-refractivity contribution in [1.29, 1.82) is 0 Å². The highest BCUT2D eigenvalue weighted by molar-refractivity contribution is 5.98. The van der Waals surface area contributed by atoms with E-state index in [1.54, 1.807) is 48.5 Å². The average Bonchev–Trinajstić information content (AvgIpc) is 3.09. The molecule has 2 heterocycles. The standard InChI is InChI=1S/C24H21N5O5/c1-15-23(33)19(30)11-12-28(15)13-21(32)26-27-22-17-9-5-6-10-18(17)29(24(22)34)14-20(31)25-16-7-3-2-4-8-16/h2-12,33-34H,13-14H2,1H3,(H,25,31). The third kappa shape index (κ3) is 4.56. The van der Waals surface area contributed by atoms with E-state index in [9.17, 15) is 24.6 Å². The second-order valence-corrected chi connectivity index (χ2v) is 7.53. The molecule has 10 heteroatoms. The molecular weight excluding hydrogens is 438 g/mol. The molecule has 0 spiro atoms. The fourth-order valence-electron chi connectivity index (χ4n) is 3.51. The molecule has 172 valence electrons. The summed E-state index contributed by atoms with van der Waals surface area (Å²) in [6.07, 6.45) is 1.37. The molecule has 0 atom stereocenters. The zero-order valence-electron chi connectivity index (χ0n) is 18.2. The molecule has 0 aliphatic rings. The number of hydrogen-bond acceptors (Lipinski definition) is 6. The summed E-state index contributed by atoms with van der Waals surface area (Å²) in [5.41, 5.74) is 0.899. The molecule has 0 bridgehead atoms. The number of benzene rings is 2. The Balaban J connectivity index is 1.58. The van der Waals surface area contributed by atoms with Crippen molar-refractivity contribution in [3.63, 3.8) is 0 Å². The van der Waals surface area contributed by atoms with Gasteiger partial charge in [-0.15, -0.1) is 10.2 Å². The number of pyridine rings is 1. The van der Waals surface area contributed by atoms with Crippen LogP contribution in [-0.2, 0) is 22.7 Å². The number of rotatable bonds is 6. The topological polar surface area (TPSA) is 138 Å². The third-order valence-corrected chi connectivity index (χ3v) is 5.26. The van der Waals surface area contributed by atoms with E-state index in [0.717, 1.165) is 6.07 Å². The van der Waals surface area contributed by atoms with E-state index < -0.39 is 17.1 Å². The van der Waals surface area contributed by atoms with Gasteiger partial charge in [0.1, 0.15) is 13.1 Å². The van der Waals surface area contributed by atoms with Gasteiger partial charge in [-0.05, 0) is 25.1 Å². The van der Waals surface area contributed by atoms with Crippen LogP contribution >= 0.6 is 0 Å². The lowest BCUT2D eigenvalue weighted by molar-refractivity contribution is -0.119. The highest BCUT2D eigenvalue weighted by Gasteiger charge is 2.19. The number of nitrogens with one attached hydrogen (secondary N) is 1. The van der Waals surface area contributed by atoms with Crippen molar-refractivity contribution < 1.29 is 19.8 Å². The Labute approximate surface area is 193 Å². The van der Waals surface area contributed by atoms with Gasteiger partial charge in [0.25, 0.3) is 5.91 Å². The number of amides is 2. The first-order valence-corrected chi connectivity index (χ1v) is 10.3. The summed E-state index contributed by atoms with van der Waals surface area (Å²) in [5.74, 6) is -1.76. The van der Waals surface area contributed by atoms with Crippen molar-refractivity contribution in [3.8, 4) is 11.6 Å². The maximum absolute atomic E-state index is 12.5. The number of para-hydroxylation sites is 2. The Morgan fingerprint density at radius 2 is 1.68 bits per heavy atom. The highest BCUT2D eigenvalue weighted by atomic mass is 16.3. The second-order valence-electron chi connectivity index (χ2n) is 7.53. The number of nitrogens with zero attached hydrogens (tertiary/aromatic N) is 4. The molecule has 2 aromatic carbocycles. The summed E-state index contributed by atoms with van der Waals surface area (Å²) >= 11 is 0. The van der Waals surface area contributed by atoms with Crippen LogP contribution in [0.1, 0.15) is 5.69 Å². The first-order chi connectivity index (χ1) is 16.3. The Morgan fingerprint density at radius 3 is 2.44 bits per heavy atom. The number of carbonyl (C=O) groups excluding carboxylic acids is 2. The molecule has 3 N–H and O–H groups in total. The molecule has 0 radical (unpaired) electrons. The van der Waals surface area contributed by atoms with Gasteiger partial charge in [0.15, 0.2) is 11.4 Å². The first kappa shape index (κ1) is 22.5. The Morgan fingerprint density at radius 1 is 0.971 bits per heavy atom. The van der Waals surface area contributed by atoms with Crippen molar-refractivity contribution in [2.75, 3.05) is 5.32 Å². The van der Waals surface area contributed by atoms with E-state index in [2.05, 4.69) is 15.5 Å². The highest BCUT2D eigenvalue weighted by Crippen LogP contribution is 2.38. The lowest BCUT2D eigenvalue weighted by Gasteiger charge is -2.08. The molecule has 0 unspecified atom stereocenters. The van der Waals surface area contributed by atoms with Crippen LogP contribution in [0.5, 0.6) is 11.6 Å². The zero-order chi connectivity index (χ0) is 24.2. The van der Waals surface area contributed by atoms with Crippen molar-refractivity contribution in [2.45, 2.75) is 20.0 Å². The van der Waals surface area contributed by atoms with Crippen LogP contribution < -0.4 is 10.7 Å². The van der Waals surface area contributed by atoms with Crippen molar-refractivity contribution >= 4 is 34.1 Å². The number of aromatic hydroxyl groups is 2. The van der Waals surface area contributed by atoms with E-state index in [1.807, 2.05) is 6.07 Å². The van der Waals surface area contributed by atoms with Crippen LogP contribution in [0.3, 0.4) is 0 Å². The number of anilines is 1. The fraction of sp³-hybridized carbons (Fsp3) is 0.125. The van der Waals surface area contributed by atoms with Crippen LogP contribution in [-0.4, -0.2) is 31.2 Å². The maximum Gasteiger partial charge on any atom is 0.284 e. The predicted octanol–water partition coefficient (Wildman–Crippen LogP) is 3.47. The number of hydrogen-bond donors (Lipinski definition) is 3. The molecular formula is C24H21N5O5. The van der Waals surface area contributed by atoms with Gasteiger partial charge in [0.2, 0.25) is 17.2 Å². The van der Waals surface area contributed by atoms with Crippen LogP contribution in [0, 0.1) is 6.92 Å². The summed E-state index contributed by atoms with van der Waals surface area (Å²) in [7, 11) is 0. The van der Waals surface area contributed by atoms with Gasteiger partial charge < -0.3 is 24.7 Å². The molecule has 4 rings (SSSR count). The molecule has 4 aromatic rings. The average molecular weight is 459 g/mol. The Hall–Kier alpha value is -4.73. The van der Waals surface area contributed by atoms with E-state index in [4.69, 9.17) is 0 Å². The van der Waals surface area contributed by atoms with Crippen molar-refractivity contribution in [3.05, 3.63) is 82.8 Å². The molecule has 2 amide bonds. The Bertz CT molecular complexity index is 1470. The predicted molar refractivity (Wildman–Crippen MR) is 125 cm³/mol. The lowest BCUT2D eigenvalue weighted by Crippen LogP contribution is -2.18. The van der Waals surface area contributed by atoms with Gasteiger partial charge >= 0.3 is 0 Å². The molecule has 0 aliphatic heterocycles. The SMILES string of the molecule is Cc1c(O)c(=O)ccn1CC(=O)N=Nc1c(O)n(CC(=O)Nc2ccccc2)c2ccccc12. The largest absolute Gasteiger partial charge is 0.503 e. The second kappa shape index (κ2) is 9.41. The maximum atomic E-state index is 12.5. The minimum atomic E-state index is -0.663.